The lowest BCUT2D eigenvalue weighted by molar-refractivity contribution is -0.118. The van der Waals surface area contributed by atoms with Gasteiger partial charge >= 0.3 is 0 Å². The number of halogens is 3. The average molecular weight is 292 g/mol. The van der Waals surface area contributed by atoms with Gasteiger partial charge < -0.3 is 5.32 Å². The number of hydrogen-bond acceptors (Lipinski definition) is 2. The third-order valence-electron chi connectivity index (χ3n) is 2.14. The Bertz CT molecular complexity index is 459. The summed E-state index contributed by atoms with van der Waals surface area (Å²) in [5, 5.41) is 12.1. The summed E-state index contributed by atoms with van der Waals surface area (Å²) >= 11 is 17.5. The van der Waals surface area contributed by atoms with E-state index in [9.17, 15) is 4.79 Å². The number of nitrogens with zero attached hydrogens (tertiary/aromatic N) is 1. The van der Waals surface area contributed by atoms with Crippen LogP contribution in [0.2, 0.25) is 15.1 Å². The van der Waals surface area contributed by atoms with Gasteiger partial charge in [-0.1, -0.05) is 41.7 Å². The van der Waals surface area contributed by atoms with E-state index in [1.165, 1.54) is 12.1 Å². The van der Waals surface area contributed by atoms with E-state index in [0.717, 1.165) is 0 Å². The van der Waals surface area contributed by atoms with Crippen molar-refractivity contribution in [1.29, 1.82) is 5.26 Å². The van der Waals surface area contributed by atoms with Gasteiger partial charge in [-0.3, -0.25) is 4.79 Å². The summed E-state index contributed by atoms with van der Waals surface area (Å²) in [6, 6.07) is 4.84. The Kier molecular flexibility index (Phi) is 5.07. The monoisotopic (exact) mass is 290 g/mol. The highest BCUT2D eigenvalue weighted by molar-refractivity contribution is 6.42. The molecule has 6 heteroatoms. The van der Waals surface area contributed by atoms with Crippen molar-refractivity contribution in [2.45, 2.75) is 13.3 Å². The maximum absolute atomic E-state index is 11.7. The quantitative estimate of drug-likeness (QED) is 0.910. The molecule has 0 heterocycles. The lowest BCUT2D eigenvalue weighted by atomic mass is 10.1. The van der Waals surface area contributed by atoms with Gasteiger partial charge in [0.1, 0.15) is 5.92 Å². The van der Waals surface area contributed by atoms with Gasteiger partial charge in [-0.15, -0.1) is 0 Å². The second-order valence-electron chi connectivity index (χ2n) is 3.32. The van der Waals surface area contributed by atoms with Crippen molar-refractivity contribution in [3.8, 4) is 6.07 Å². The van der Waals surface area contributed by atoms with Crippen molar-refractivity contribution in [1.82, 2.24) is 0 Å². The molecule has 1 aromatic rings. The minimum Gasteiger partial charge on any atom is -0.322 e. The van der Waals surface area contributed by atoms with Gasteiger partial charge in [-0.05, 0) is 18.6 Å². The van der Waals surface area contributed by atoms with Gasteiger partial charge in [-0.2, -0.15) is 5.26 Å². The Hall–Kier alpha value is -0.950. The van der Waals surface area contributed by atoms with E-state index in [1.54, 1.807) is 6.92 Å². The maximum atomic E-state index is 11.7. The van der Waals surface area contributed by atoms with Crippen molar-refractivity contribution in [2.75, 3.05) is 5.32 Å². The Morgan fingerprint density at radius 1 is 1.41 bits per heavy atom. The normalized spacial score (nSPS) is 11.7. The number of rotatable bonds is 3. The zero-order chi connectivity index (χ0) is 13.0. The first-order valence-corrected chi connectivity index (χ1v) is 5.98. The molecule has 0 aliphatic rings. The second-order valence-corrected chi connectivity index (χ2v) is 4.57. The van der Waals surface area contributed by atoms with Gasteiger partial charge in [-0.25, -0.2) is 0 Å². The first-order valence-electron chi connectivity index (χ1n) is 4.84. The first-order chi connectivity index (χ1) is 7.99. The predicted molar refractivity (Wildman–Crippen MR) is 69.5 cm³/mol. The van der Waals surface area contributed by atoms with Crippen LogP contribution in [0, 0.1) is 17.2 Å². The van der Waals surface area contributed by atoms with E-state index < -0.39 is 11.8 Å². The predicted octanol–water partition coefficient (Wildman–Crippen LogP) is 4.14. The largest absolute Gasteiger partial charge is 0.322 e. The van der Waals surface area contributed by atoms with E-state index in [2.05, 4.69) is 5.32 Å². The number of hydrogen-bond donors (Lipinski definition) is 1. The lowest BCUT2D eigenvalue weighted by Gasteiger charge is -2.11. The molecule has 3 nitrogen and oxygen atoms in total. The Morgan fingerprint density at radius 3 is 2.35 bits per heavy atom. The summed E-state index contributed by atoms with van der Waals surface area (Å²) in [6.07, 6.45) is 0.422. The Labute approximate surface area is 114 Å². The zero-order valence-electron chi connectivity index (χ0n) is 8.93. The van der Waals surface area contributed by atoms with Crippen LogP contribution in [0.1, 0.15) is 13.3 Å². The van der Waals surface area contributed by atoms with E-state index in [4.69, 9.17) is 40.1 Å². The maximum Gasteiger partial charge on any atom is 0.241 e. The number of benzene rings is 1. The van der Waals surface area contributed by atoms with Crippen LogP contribution in [-0.2, 0) is 4.79 Å². The van der Waals surface area contributed by atoms with Crippen LogP contribution in [0.3, 0.4) is 0 Å². The van der Waals surface area contributed by atoms with Crippen LogP contribution in [0.4, 0.5) is 5.69 Å². The van der Waals surface area contributed by atoms with Gasteiger partial charge in [0.15, 0.2) is 0 Å². The van der Waals surface area contributed by atoms with Crippen LogP contribution in [-0.4, -0.2) is 5.91 Å². The van der Waals surface area contributed by atoms with Crippen LogP contribution in [0.25, 0.3) is 0 Å². The third kappa shape index (κ3) is 3.50. The van der Waals surface area contributed by atoms with Crippen molar-refractivity contribution >= 4 is 46.4 Å². The summed E-state index contributed by atoms with van der Waals surface area (Å²) < 4.78 is 0. The molecule has 0 saturated heterocycles. The molecule has 1 atom stereocenters. The Morgan fingerprint density at radius 2 is 1.94 bits per heavy atom. The lowest BCUT2D eigenvalue weighted by Crippen LogP contribution is -2.21. The van der Waals surface area contributed by atoms with Crippen molar-refractivity contribution in [2.24, 2.45) is 5.92 Å². The summed E-state index contributed by atoms with van der Waals surface area (Å²) in [7, 11) is 0. The molecule has 1 unspecified atom stereocenters. The minimum absolute atomic E-state index is 0.239. The molecule has 1 amide bonds. The number of amides is 1. The molecule has 90 valence electrons. The number of carbonyl (C=O) groups excluding carboxylic acids is 1. The smallest absolute Gasteiger partial charge is 0.241 e. The number of nitriles is 1. The molecular weight excluding hydrogens is 282 g/mol. The van der Waals surface area contributed by atoms with Gasteiger partial charge in [0.2, 0.25) is 5.91 Å². The van der Waals surface area contributed by atoms with Gasteiger partial charge in [0.05, 0.1) is 21.8 Å². The molecular formula is C11H9Cl3N2O. The van der Waals surface area contributed by atoms with Crippen LogP contribution in [0.5, 0.6) is 0 Å². The molecule has 0 spiro atoms. The molecule has 1 rings (SSSR count). The van der Waals surface area contributed by atoms with Gasteiger partial charge in [0.25, 0.3) is 0 Å². The SMILES string of the molecule is CCC(C#N)C(=O)Nc1c(Cl)cc(Cl)cc1Cl. The van der Waals surface area contributed by atoms with E-state index in [1.807, 2.05) is 6.07 Å². The van der Waals surface area contributed by atoms with Crippen LogP contribution in [0.15, 0.2) is 12.1 Å². The molecule has 1 N–H and O–H groups in total. The summed E-state index contributed by atoms with van der Waals surface area (Å²) in [6.45, 7) is 1.75. The highest BCUT2D eigenvalue weighted by Gasteiger charge is 2.18. The molecule has 0 radical (unpaired) electrons. The van der Waals surface area contributed by atoms with Crippen molar-refractivity contribution < 1.29 is 4.79 Å². The number of carbonyl (C=O) groups is 1. The van der Waals surface area contributed by atoms with E-state index >= 15 is 0 Å². The van der Waals surface area contributed by atoms with Gasteiger partial charge in [0, 0.05) is 5.02 Å². The zero-order valence-corrected chi connectivity index (χ0v) is 11.2. The molecule has 17 heavy (non-hydrogen) atoms. The number of anilines is 1. The highest BCUT2D eigenvalue weighted by Crippen LogP contribution is 2.33. The molecule has 0 aliphatic heterocycles. The summed E-state index contributed by atoms with van der Waals surface area (Å²) in [5.74, 6) is -1.15. The first kappa shape index (κ1) is 14.1. The summed E-state index contributed by atoms with van der Waals surface area (Å²) in [5.41, 5.74) is 0.274. The standard InChI is InChI=1S/C11H9Cl3N2O/c1-2-6(5-15)11(17)16-10-8(13)3-7(12)4-9(10)14/h3-4,6H,2H2,1H3,(H,16,17). The number of nitrogens with one attached hydrogen (secondary N) is 1. The third-order valence-corrected chi connectivity index (χ3v) is 2.95. The summed E-state index contributed by atoms with van der Waals surface area (Å²) in [4.78, 5) is 11.7. The molecule has 0 saturated carbocycles. The van der Waals surface area contributed by atoms with Crippen molar-refractivity contribution in [3.05, 3.63) is 27.2 Å². The molecule has 0 bridgehead atoms. The van der Waals surface area contributed by atoms with E-state index in [-0.39, 0.29) is 15.7 Å². The van der Waals surface area contributed by atoms with Crippen LogP contribution >= 0.6 is 34.8 Å². The second kappa shape index (κ2) is 6.11. The highest BCUT2D eigenvalue weighted by atomic mass is 35.5. The minimum atomic E-state index is -0.724. The fraction of sp³-hybridized carbons (Fsp3) is 0.273. The van der Waals surface area contributed by atoms with E-state index in [0.29, 0.717) is 11.4 Å². The van der Waals surface area contributed by atoms with Crippen molar-refractivity contribution in [3.63, 3.8) is 0 Å². The Balaban J connectivity index is 2.97. The van der Waals surface area contributed by atoms with Crippen LogP contribution < -0.4 is 5.32 Å². The molecule has 1 aromatic carbocycles. The average Bonchev–Trinajstić information content (AvgIpc) is 2.25. The molecule has 0 aromatic heterocycles. The fourth-order valence-corrected chi connectivity index (χ4v) is 2.12. The molecule has 0 fully saturated rings. The topological polar surface area (TPSA) is 52.9 Å². The fourth-order valence-electron chi connectivity index (χ4n) is 1.21. The molecule has 0 aliphatic carbocycles.